The van der Waals surface area contributed by atoms with Crippen molar-refractivity contribution in [1.82, 2.24) is 15.1 Å². The average molecular weight is 386 g/mol. The van der Waals surface area contributed by atoms with Crippen molar-refractivity contribution in [2.45, 2.75) is 25.2 Å². The Balaban J connectivity index is 1.39. The molecule has 0 radical (unpaired) electrons. The van der Waals surface area contributed by atoms with E-state index in [0.717, 1.165) is 41.0 Å². The van der Waals surface area contributed by atoms with Crippen LogP contribution in [0.2, 0.25) is 0 Å². The first-order valence-corrected chi connectivity index (χ1v) is 10.00. The molecular weight excluding hydrogens is 364 g/mol. The van der Waals surface area contributed by atoms with Gasteiger partial charge in [0, 0.05) is 48.4 Å². The number of H-pyrrole nitrogens is 1. The fourth-order valence-electron chi connectivity index (χ4n) is 4.39. The van der Waals surface area contributed by atoms with Crippen LogP contribution in [0.3, 0.4) is 0 Å². The van der Waals surface area contributed by atoms with E-state index in [1.165, 1.54) is 5.56 Å². The van der Waals surface area contributed by atoms with E-state index in [1.807, 2.05) is 47.4 Å². The number of benzene rings is 2. The quantitative estimate of drug-likeness (QED) is 0.710. The predicted molar refractivity (Wildman–Crippen MR) is 110 cm³/mol. The third kappa shape index (κ3) is 3.20. The van der Waals surface area contributed by atoms with Crippen LogP contribution in [0.4, 0.5) is 5.69 Å². The van der Waals surface area contributed by atoms with Crippen molar-refractivity contribution < 1.29 is 9.59 Å². The summed E-state index contributed by atoms with van der Waals surface area (Å²) in [6, 6.07) is 17.7. The second kappa shape index (κ2) is 7.20. The highest BCUT2D eigenvalue weighted by Crippen LogP contribution is 2.34. The van der Waals surface area contributed by atoms with Crippen LogP contribution in [0.15, 0.2) is 54.6 Å². The number of anilines is 1. The first-order valence-electron chi connectivity index (χ1n) is 10.00. The summed E-state index contributed by atoms with van der Waals surface area (Å²) in [4.78, 5) is 27.4. The van der Waals surface area contributed by atoms with Crippen molar-refractivity contribution in [2.75, 3.05) is 18.4 Å². The lowest BCUT2D eigenvalue weighted by Gasteiger charge is -2.30. The minimum atomic E-state index is -0.414. The molecule has 3 aromatic rings. The molecule has 0 spiro atoms. The van der Waals surface area contributed by atoms with E-state index < -0.39 is 5.92 Å². The normalized spacial score (nSPS) is 18.4. The van der Waals surface area contributed by atoms with Crippen LogP contribution in [-0.4, -0.2) is 40.0 Å². The molecule has 5 rings (SSSR count). The van der Waals surface area contributed by atoms with E-state index in [0.29, 0.717) is 13.1 Å². The number of carbonyl (C=O) groups excluding carboxylic acids is 2. The topological polar surface area (TPSA) is 78.1 Å². The standard InChI is InChI=1S/C23H22N4O2/c28-21-14-18(16-8-4-5-9-19(16)24-21)23(29)27-12-10-17-20(11-13-27)25-26-22(17)15-6-2-1-3-7-15/h1-9,18H,10-14H2,(H,24,28)(H,25,26). The Kier molecular flexibility index (Phi) is 4.39. The second-order valence-corrected chi connectivity index (χ2v) is 7.61. The number of fused-ring (bicyclic) bond motifs is 2. The molecule has 2 aliphatic rings. The largest absolute Gasteiger partial charge is 0.341 e. The van der Waals surface area contributed by atoms with Gasteiger partial charge in [-0.2, -0.15) is 5.10 Å². The number of para-hydroxylation sites is 1. The summed E-state index contributed by atoms with van der Waals surface area (Å²) in [6.45, 7) is 1.26. The van der Waals surface area contributed by atoms with Gasteiger partial charge in [-0.05, 0) is 18.1 Å². The number of hydrogen-bond donors (Lipinski definition) is 2. The molecule has 1 unspecified atom stereocenters. The van der Waals surface area contributed by atoms with Crippen molar-refractivity contribution in [3.8, 4) is 11.3 Å². The van der Waals surface area contributed by atoms with E-state index in [9.17, 15) is 9.59 Å². The van der Waals surface area contributed by atoms with Crippen LogP contribution >= 0.6 is 0 Å². The zero-order valence-electron chi connectivity index (χ0n) is 16.0. The lowest BCUT2D eigenvalue weighted by atomic mass is 9.89. The predicted octanol–water partition coefficient (Wildman–Crippen LogP) is 3.13. The average Bonchev–Trinajstić information content (AvgIpc) is 3.04. The maximum Gasteiger partial charge on any atom is 0.230 e. The molecule has 146 valence electrons. The van der Waals surface area contributed by atoms with E-state index in [1.54, 1.807) is 0 Å². The van der Waals surface area contributed by atoms with Gasteiger partial charge in [0.25, 0.3) is 0 Å². The van der Waals surface area contributed by atoms with Gasteiger partial charge in [-0.25, -0.2) is 0 Å². The summed E-state index contributed by atoms with van der Waals surface area (Å²) in [5, 5.41) is 10.6. The highest BCUT2D eigenvalue weighted by Gasteiger charge is 2.34. The number of nitrogens with one attached hydrogen (secondary N) is 2. The lowest BCUT2D eigenvalue weighted by Crippen LogP contribution is -2.40. The Morgan fingerprint density at radius 1 is 1.00 bits per heavy atom. The molecule has 1 aromatic heterocycles. The molecule has 0 fully saturated rings. The van der Waals surface area contributed by atoms with Crippen LogP contribution < -0.4 is 5.32 Å². The van der Waals surface area contributed by atoms with Gasteiger partial charge in [0.2, 0.25) is 11.8 Å². The Labute approximate surface area is 168 Å². The summed E-state index contributed by atoms with van der Waals surface area (Å²) >= 11 is 0. The molecule has 3 heterocycles. The Hall–Kier alpha value is -3.41. The Morgan fingerprint density at radius 2 is 1.76 bits per heavy atom. The van der Waals surface area contributed by atoms with Gasteiger partial charge in [0.15, 0.2) is 0 Å². The lowest BCUT2D eigenvalue weighted by molar-refractivity contribution is -0.134. The fraction of sp³-hybridized carbons (Fsp3) is 0.261. The first-order chi connectivity index (χ1) is 14.2. The van der Waals surface area contributed by atoms with Gasteiger partial charge in [-0.1, -0.05) is 48.5 Å². The molecule has 2 aliphatic heterocycles. The third-order valence-electron chi connectivity index (χ3n) is 5.87. The third-order valence-corrected chi connectivity index (χ3v) is 5.87. The van der Waals surface area contributed by atoms with E-state index in [4.69, 9.17) is 0 Å². The van der Waals surface area contributed by atoms with Crippen molar-refractivity contribution >= 4 is 17.5 Å². The minimum Gasteiger partial charge on any atom is -0.341 e. The number of aromatic amines is 1. The molecule has 0 aliphatic carbocycles. The molecule has 6 heteroatoms. The first kappa shape index (κ1) is 17.7. The van der Waals surface area contributed by atoms with Gasteiger partial charge in [-0.15, -0.1) is 0 Å². The molecule has 0 saturated carbocycles. The van der Waals surface area contributed by atoms with Crippen LogP contribution in [-0.2, 0) is 22.4 Å². The van der Waals surface area contributed by atoms with Crippen molar-refractivity contribution in [3.05, 3.63) is 71.4 Å². The smallest absolute Gasteiger partial charge is 0.230 e. The molecule has 2 aromatic carbocycles. The van der Waals surface area contributed by atoms with Gasteiger partial charge in [0.05, 0.1) is 11.6 Å². The van der Waals surface area contributed by atoms with Crippen LogP contribution in [0, 0.1) is 0 Å². The number of rotatable bonds is 2. The van der Waals surface area contributed by atoms with Crippen molar-refractivity contribution in [1.29, 1.82) is 0 Å². The highest BCUT2D eigenvalue weighted by molar-refractivity contribution is 6.01. The highest BCUT2D eigenvalue weighted by atomic mass is 16.2. The summed E-state index contributed by atoms with van der Waals surface area (Å²) in [6.07, 6.45) is 1.69. The molecule has 2 N–H and O–H groups in total. The molecular formula is C23H22N4O2. The number of nitrogens with zero attached hydrogens (tertiary/aromatic N) is 2. The minimum absolute atomic E-state index is 0.0340. The van der Waals surface area contributed by atoms with Crippen molar-refractivity contribution in [2.24, 2.45) is 0 Å². The molecule has 29 heavy (non-hydrogen) atoms. The summed E-state index contributed by atoms with van der Waals surface area (Å²) in [5.74, 6) is -0.479. The zero-order chi connectivity index (χ0) is 19.8. The van der Waals surface area contributed by atoms with Crippen molar-refractivity contribution in [3.63, 3.8) is 0 Å². The van der Waals surface area contributed by atoms with Gasteiger partial charge in [0.1, 0.15) is 0 Å². The van der Waals surface area contributed by atoms with E-state index in [-0.39, 0.29) is 18.2 Å². The number of aromatic nitrogens is 2. The summed E-state index contributed by atoms with van der Waals surface area (Å²) in [7, 11) is 0. The summed E-state index contributed by atoms with van der Waals surface area (Å²) < 4.78 is 0. The monoisotopic (exact) mass is 386 g/mol. The maximum absolute atomic E-state index is 13.4. The summed E-state index contributed by atoms with van der Waals surface area (Å²) in [5.41, 5.74) is 6.00. The molecule has 2 amide bonds. The number of carbonyl (C=O) groups is 2. The van der Waals surface area contributed by atoms with E-state index in [2.05, 4.69) is 27.6 Å². The van der Waals surface area contributed by atoms with E-state index >= 15 is 0 Å². The SMILES string of the molecule is O=C1CC(C(=O)N2CCc3[nH]nc(-c4ccccc4)c3CC2)c2ccccc2N1. The Morgan fingerprint density at radius 3 is 2.62 bits per heavy atom. The molecule has 1 atom stereocenters. The molecule has 0 bridgehead atoms. The van der Waals surface area contributed by atoms with Crippen LogP contribution in [0.1, 0.15) is 29.2 Å². The van der Waals surface area contributed by atoms with Gasteiger partial charge >= 0.3 is 0 Å². The van der Waals surface area contributed by atoms with Gasteiger partial charge in [-0.3, -0.25) is 14.7 Å². The van der Waals surface area contributed by atoms with Crippen LogP contribution in [0.5, 0.6) is 0 Å². The maximum atomic E-state index is 13.4. The van der Waals surface area contributed by atoms with Gasteiger partial charge < -0.3 is 10.2 Å². The fourth-order valence-corrected chi connectivity index (χ4v) is 4.39. The molecule has 0 saturated heterocycles. The number of amides is 2. The Bertz CT molecular complexity index is 1070. The number of hydrogen-bond acceptors (Lipinski definition) is 3. The molecule has 6 nitrogen and oxygen atoms in total. The zero-order valence-corrected chi connectivity index (χ0v) is 16.0. The second-order valence-electron chi connectivity index (χ2n) is 7.61. The van der Waals surface area contributed by atoms with Crippen LogP contribution in [0.25, 0.3) is 11.3 Å².